The van der Waals surface area contributed by atoms with Gasteiger partial charge < -0.3 is 4.74 Å². The zero-order valence-corrected chi connectivity index (χ0v) is 14.7. The minimum absolute atomic E-state index is 0.0379. The molecule has 3 rings (SSSR count). The highest BCUT2D eigenvalue weighted by Crippen LogP contribution is 2.26. The molecular formula is C22H15FN2O3. The maximum Gasteiger partial charge on any atom is 0.269 e. The lowest BCUT2D eigenvalue weighted by Gasteiger charge is -2.10. The van der Waals surface area contributed by atoms with Crippen molar-refractivity contribution in [1.29, 1.82) is 5.26 Å². The van der Waals surface area contributed by atoms with Gasteiger partial charge in [-0.1, -0.05) is 30.3 Å². The van der Waals surface area contributed by atoms with Crippen LogP contribution in [-0.4, -0.2) is 4.92 Å². The Bertz CT molecular complexity index is 1050. The van der Waals surface area contributed by atoms with Gasteiger partial charge in [-0.3, -0.25) is 10.1 Å². The first-order chi connectivity index (χ1) is 13.6. The summed E-state index contributed by atoms with van der Waals surface area (Å²) in [5.74, 6) is 0.260. The molecular weight excluding hydrogens is 359 g/mol. The van der Waals surface area contributed by atoms with Gasteiger partial charge in [-0.2, -0.15) is 5.26 Å². The molecule has 0 unspecified atom stereocenters. The lowest BCUT2D eigenvalue weighted by molar-refractivity contribution is -0.384. The summed E-state index contributed by atoms with van der Waals surface area (Å²) in [6.45, 7) is 0.255. The Morgan fingerprint density at radius 3 is 2.39 bits per heavy atom. The molecule has 0 atom stereocenters. The number of halogens is 1. The summed E-state index contributed by atoms with van der Waals surface area (Å²) in [5, 5.41) is 20.3. The number of ether oxygens (including phenoxy) is 1. The van der Waals surface area contributed by atoms with Crippen LogP contribution in [0.4, 0.5) is 10.1 Å². The highest BCUT2D eigenvalue weighted by atomic mass is 19.1. The molecule has 0 aliphatic heterocycles. The third-order valence-electron chi connectivity index (χ3n) is 4.04. The Morgan fingerprint density at radius 2 is 1.75 bits per heavy atom. The third kappa shape index (κ3) is 4.59. The van der Waals surface area contributed by atoms with Gasteiger partial charge in [-0.05, 0) is 47.5 Å². The normalized spacial score (nSPS) is 10.9. The van der Waals surface area contributed by atoms with E-state index in [0.29, 0.717) is 22.4 Å². The highest BCUT2D eigenvalue weighted by molar-refractivity contribution is 5.90. The summed E-state index contributed by atoms with van der Waals surface area (Å²) in [7, 11) is 0. The van der Waals surface area contributed by atoms with Crippen molar-refractivity contribution < 1.29 is 14.1 Å². The first-order valence-electron chi connectivity index (χ1n) is 8.40. The van der Waals surface area contributed by atoms with E-state index in [0.717, 1.165) is 5.56 Å². The van der Waals surface area contributed by atoms with Crippen LogP contribution in [0.3, 0.4) is 0 Å². The fraction of sp³-hybridized carbons (Fsp3) is 0.0455. The van der Waals surface area contributed by atoms with Crippen LogP contribution in [0.2, 0.25) is 0 Å². The molecule has 6 heteroatoms. The lowest BCUT2D eigenvalue weighted by Crippen LogP contribution is -1.97. The summed E-state index contributed by atoms with van der Waals surface area (Å²) in [6, 6.07) is 21.2. The molecule has 3 aromatic carbocycles. The minimum atomic E-state index is -0.488. The first kappa shape index (κ1) is 18.8. The summed E-state index contributed by atoms with van der Waals surface area (Å²) in [4.78, 5) is 10.3. The van der Waals surface area contributed by atoms with Crippen molar-refractivity contribution in [2.24, 2.45) is 0 Å². The van der Waals surface area contributed by atoms with Gasteiger partial charge in [0.1, 0.15) is 18.2 Å². The molecule has 0 spiro atoms. The number of nitrogens with zero attached hydrogens (tertiary/aromatic N) is 2. The fourth-order valence-corrected chi connectivity index (χ4v) is 2.57. The van der Waals surface area contributed by atoms with E-state index in [4.69, 9.17) is 4.74 Å². The molecule has 0 aliphatic rings. The van der Waals surface area contributed by atoms with Gasteiger partial charge in [0.25, 0.3) is 5.69 Å². The lowest BCUT2D eigenvalue weighted by atomic mass is 10.0. The van der Waals surface area contributed by atoms with Crippen LogP contribution in [-0.2, 0) is 6.61 Å². The summed E-state index contributed by atoms with van der Waals surface area (Å²) < 4.78 is 18.8. The van der Waals surface area contributed by atoms with Crippen molar-refractivity contribution in [3.05, 3.63) is 105 Å². The van der Waals surface area contributed by atoms with Gasteiger partial charge >= 0.3 is 0 Å². The van der Waals surface area contributed by atoms with E-state index in [9.17, 15) is 19.8 Å². The Labute approximate surface area is 161 Å². The monoisotopic (exact) mass is 374 g/mol. The van der Waals surface area contributed by atoms with E-state index in [2.05, 4.69) is 6.07 Å². The molecule has 138 valence electrons. The number of nitro groups is 1. The molecule has 0 N–H and O–H groups in total. The number of hydrogen-bond acceptors (Lipinski definition) is 4. The van der Waals surface area contributed by atoms with E-state index in [1.54, 1.807) is 24.3 Å². The predicted molar refractivity (Wildman–Crippen MR) is 104 cm³/mol. The average Bonchev–Trinajstić information content (AvgIpc) is 2.72. The van der Waals surface area contributed by atoms with E-state index >= 15 is 0 Å². The van der Waals surface area contributed by atoms with Crippen LogP contribution in [0, 0.1) is 27.3 Å². The molecule has 0 aliphatic carbocycles. The van der Waals surface area contributed by atoms with Gasteiger partial charge in [-0.15, -0.1) is 0 Å². The average molecular weight is 374 g/mol. The number of hydrogen-bond donors (Lipinski definition) is 0. The second-order valence-electron chi connectivity index (χ2n) is 5.93. The van der Waals surface area contributed by atoms with Gasteiger partial charge in [-0.25, -0.2) is 4.39 Å². The Kier molecular flexibility index (Phi) is 5.78. The number of benzene rings is 3. The smallest absolute Gasteiger partial charge is 0.269 e. The second kappa shape index (κ2) is 8.60. The zero-order valence-electron chi connectivity index (χ0n) is 14.7. The molecule has 0 heterocycles. The number of para-hydroxylation sites is 1. The summed E-state index contributed by atoms with van der Waals surface area (Å²) in [6.07, 6.45) is 1.67. The minimum Gasteiger partial charge on any atom is -0.488 e. The topological polar surface area (TPSA) is 76.2 Å². The molecule has 0 radical (unpaired) electrons. The van der Waals surface area contributed by atoms with Crippen molar-refractivity contribution in [3.8, 4) is 11.8 Å². The fourth-order valence-electron chi connectivity index (χ4n) is 2.57. The zero-order chi connectivity index (χ0) is 19.9. The summed E-state index contributed by atoms with van der Waals surface area (Å²) in [5.41, 5.74) is 2.40. The molecule has 0 aromatic heterocycles. The van der Waals surface area contributed by atoms with Crippen LogP contribution >= 0.6 is 0 Å². The van der Waals surface area contributed by atoms with E-state index < -0.39 is 4.92 Å². The van der Waals surface area contributed by atoms with Gasteiger partial charge in [0.05, 0.1) is 16.6 Å². The highest BCUT2D eigenvalue weighted by Gasteiger charge is 2.09. The Hall–Kier alpha value is -3.98. The SMILES string of the molecule is N#C/C(=C/c1ccccc1OCc1ccc(F)cc1)c1ccc([N+](=O)[O-])cc1. The van der Waals surface area contributed by atoms with Gasteiger partial charge in [0.15, 0.2) is 0 Å². The molecule has 0 saturated heterocycles. The van der Waals surface area contributed by atoms with Gasteiger partial charge in [0, 0.05) is 17.7 Å². The van der Waals surface area contributed by atoms with Crippen molar-refractivity contribution in [3.63, 3.8) is 0 Å². The van der Waals surface area contributed by atoms with Crippen LogP contribution < -0.4 is 4.74 Å². The number of nitriles is 1. The van der Waals surface area contributed by atoms with E-state index in [1.165, 1.54) is 36.4 Å². The summed E-state index contributed by atoms with van der Waals surface area (Å²) >= 11 is 0. The molecule has 0 saturated carbocycles. The predicted octanol–water partition coefficient (Wildman–Crippen LogP) is 5.38. The van der Waals surface area contributed by atoms with Crippen LogP contribution in [0.1, 0.15) is 16.7 Å². The van der Waals surface area contributed by atoms with Crippen LogP contribution in [0.15, 0.2) is 72.8 Å². The maximum absolute atomic E-state index is 13.0. The van der Waals surface area contributed by atoms with Gasteiger partial charge in [0.2, 0.25) is 0 Å². The first-order valence-corrected chi connectivity index (χ1v) is 8.40. The Balaban J connectivity index is 1.84. The molecule has 28 heavy (non-hydrogen) atoms. The maximum atomic E-state index is 13.0. The Morgan fingerprint density at radius 1 is 1.07 bits per heavy atom. The van der Waals surface area contributed by atoms with Crippen LogP contribution in [0.25, 0.3) is 11.6 Å². The molecule has 0 amide bonds. The standard InChI is InChI=1S/C22H15FN2O3/c23-20-9-5-16(6-10-20)15-28-22-4-2-1-3-18(22)13-19(14-24)17-7-11-21(12-8-17)25(26)27/h1-13H,15H2/b19-13-. The van der Waals surface area contributed by atoms with Crippen LogP contribution in [0.5, 0.6) is 5.75 Å². The number of nitro benzene ring substituents is 1. The van der Waals surface area contributed by atoms with Crippen molar-refractivity contribution >= 4 is 17.3 Å². The molecule has 3 aromatic rings. The van der Waals surface area contributed by atoms with Crippen molar-refractivity contribution in [2.45, 2.75) is 6.61 Å². The largest absolute Gasteiger partial charge is 0.488 e. The van der Waals surface area contributed by atoms with E-state index in [1.807, 2.05) is 18.2 Å². The van der Waals surface area contributed by atoms with Crippen molar-refractivity contribution in [2.75, 3.05) is 0 Å². The number of non-ortho nitro benzene ring substituents is 1. The van der Waals surface area contributed by atoms with E-state index in [-0.39, 0.29) is 18.1 Å². The molecule has 0 fully saturated rings. The molecule has 5 nitrogen and oxygen atoms in total. The number of allylic oxidation sites excluding steroid dienone is 1. The van der Waals surface area contributed by atoms with Crippen molar-refractivity contribution in [1.82, 2.24) is 0 Å². The molecule has 0 bridgehead atoms. The second-order valence-corrected chi connectivity index (χ2v) is 5.93. The quantitative estimate of drug-likeness (QED) is 0.251. The third-order valence-corrected chi connectivity index (χ3v) is 4.04. The number of rotatable bonds is 6.